The standard InChI is InChI=1S/C25H48N2O2/c1-3-5-7-9-10-11-12-13-15-16-20-28-23-25(22-27-19-18-26-24-27)29-21-17-14-8-6-4-2/h18-19,24-25H,3-17,20-23H2,1-2H3. The molecule has 0 fully saturated rings. The van der Waals surface area contributed by atoms with Crippen LogP contribution >= 0.6 is 0 Å². The fourth-order valence-electron chi connectivity index (χ4n) is 3.65. The first-order valence-corrected chi connectivity index (χ1v) is 12.5. The monoisotopic (exact) mass is 408 g/mol. The van der Waals surface area contributed by atoms with Gasteiger partial charge in [-0.15, -0.1) is 0 Å². The van der Waals surface area contributed by atoms with Crippen molar-refractivity contribution < 1.29 is 9.47 Å². The van der Waals surface area contributed by atoms with Gasteiger partial charge in [0, 0.05) is 25.6 Å². The SMILES string of the molecule is CCCCCCCCCCCCOCC(Cn1ccnc1)OCCCCCCC. The van der Waals surface area contributed by atoms with Crippen LogP contribution in [-0.2, 0) is 16.0 Å². The van der Waals surface area contributed by atoms with Crippen molar-refractivity contribution in [2.75, 3.05) is 19.8 Å². The molecule has 170 valence electrons. The fourth-order valence-corrected chi connectivity index (χ4v) is 3.65. The molecule has 0 aliphatic heterocycles. The van der Waals surface area contributed by atoms with E-state index >= 15 is 0 Å². The zero-order valence-electron chi connectivity index (χ0n) is 19.5. The van der Waals surface area contributed by atoms with Crippen LogP contribution in [0.4, 0.5) is 0 Å². The van der Waals surface area contributed by atoms with Crippen molar-refractivity contribution in [3.05, 3.63) is 18.7 Å². The normalized spacial score (nSPS) is 12.5. The molecule has 1 aromatic heterocycles. The van der Waals surface area contributed by atoms with Gasteiger partial charge in [0.05, 0.1) is 25.6 Å². The predicted octanol–water partition coefficient (Wildman–Crippen LogP) is 7.18. The average molecular weight is 409 g/mol. The molecule has 1 heterocycles. The number of hydrogen-bond acceptors (Lipinski definition) is 3. The van der Waals surface area contributed by atoms with Crippen LogP contribution in [0.25, 0.3) is 0 Å². The second-order valence-corrected chi connectivity index (χ2v) is 8.42. The summed E-state index contributed by atoms with van der Waals surface area (Å²) in [5.74, 6) is 0. The minimum absolute atomic E-state index is 0.124. The van der Waals surface area contributed by atoms with Crippen molar-refractivity contribution in [2.45, 2.75) is 123 Å². The Labute approximate surface area is 180 Å². The molecular formula is C25H48N2O2. The maximum atomic E-state index is 6.12. The first-order chi connectivity index (χ1) is 14.4. The lowest BCUT2D eigenvalue weighted by Gasteiger charge is -2.19. The third-order valence-corrected chi connectivity index (χ3v) is 5.52. The van der Waals surface area contributed by atoms with Gasteiger partial charge < -0.3 is 14.0 Å². The van der Waals surface area contributed by atoms with Crippen LogP contribution in [-0.4, -0.2) is 35.5 Å². The van der Waals surface area contributed by atoms with Crippen LogP contribution in [0.15, 0.2) is 18.7 Å². The van der Waals surface area contributed by atoms with E-state index in [0.29, 0.717) is 6.61 Å². The van der Waals surface area contributed by atoms with Crippen LogP contribution in [0.2, 0.25) is 0 Å². The van der Waals surface area contributed by atoms with Crippen molar-refractivity contribution in [2.24, 2.45) is 0 Å². The molecule has 0 amide bonds. The van der Waals surface area contributed by atoms with Crippen LogP contribution in [0.3, 0.4) is 0 Å². The van der Waals surface area contributed by atoms with Gasteiger partial charge in [0.15, 0.2) is 0 Å². The zero-order valence-corrected chi connectivity index (χ0v) is 19.5. The Morgan fingerprint density at radius 3 is 1.83 bits per heavy atom. The third-order valence-electron chi connectivity index (χ3n) is 5.52. The van der Waals surface area contributed by atoms with Gasteiger partial charge >= 0.3 is 0 Å². The molecule has 1 atom stereocenters. The van der Waals surface area contributed by atoms with E-state index in [-0.39, 0.29) is 6.10 Å². The van der Waals surface area contributed by atoms with Crippen molar-refractivity contribution in [1.82, 2.24) is 9.55 Å². The first kappa shape index (κ1) is 26.2. The largest absolute Gasteiger partial charge is 0.379 e. The second kappa shape index (κ2) is 20.4. The van der Waals surface area contributed by atoms with Crippen molar-refractivity contribution in [3.63, 3.8) is 0 Å². The van der Waals surface area contributed by atoms with E-state index in [9.17, 15) is 0 Å². The van der Waals surface area contributed by atoms with Gasteiger partial charge in [0.1, 0.15) is 0 Å². The number of imidazole rings is 1. The van der Waals surface area contributed by atoms with Crippen molar-refractivity contribution in [3.8, 4) is 0 Å². The van der Waals surface area contributed by atoms with Gasteiger partial charge in [-0.1, -0.05) is 97.3 Å². The van der Waals surface area contributed by atoms with Gasteiger partial charge in [-0.2, -0.15) is 0 Å². The van der Waals surface area contributed by atoms with Gasteiger partial charge in [-0.3, -0.25) is 0 Å². The summed E-state index contributed by atoms with van der Waals surface area (Å²) < 4.78 is 14.2. The molecule has 0 aliphatic carbocycles. The van der Waals surface area contributed by atoms with Crippen LogP contribution in [0.5, 0.6) is 0 Å². The lowest BCUT2D eigenvalue weighted by atomic mass is 10.1. The lowest BCUT2D eigenvalue weighted by Crippen LogP contribution is -2.26. The summed E-state index contributed by atoms with van der Waals surface area (Å²) in [4.78, 5) is 4.14. The number of unbranched alkanes of at least 4 members (excludes halogenated alkanes) is 13. The summed E-state index contributed by atoms with van der Waals surface area (Å²) >= 11 is 0. The molecule has 0 bridgehead atoms. The highest BCUT2D eigenvalue weighted by atomic mass is 16.5. The Morgan fingerprint density at radius 2 is 1.28 bits per heavy atom. The van der Waals surface area contributed by atoms with Gasteiger partial charge in [0.2, 0.25) is 0 Å². The smallest absolute Gasteiger partial charge is 0.0987 e. The van der Waals surface area contributed by atoms with Crippen molar-refractivity contribution >= 4 is 0 Å². The number of rotatable bonds is 22. The van der Waals surface area contributed by atoms with Crippen LogP contribution < -0.4 is 0 Å². The molecule has 0 spiro atoms. The summed E-state index contributed by atoms with van der Waals surface area (Å²) in [5.41, 5.74) is 0. The van der Waals surface area contributed by atoms with E-state index in [2.05, 4.69) is 23.4 Å². The Hall–Kier alpha value is -0.870. The molecule has 0 aliphatic rings. The van der Waals surface area contributed by atoms with Gasteiger partial charge in [0.25, 0.3) is 0 Å². The quantitative estimate of drug-likeness (QED) is 0.191. The number of nitrogens with zero attached hydrogens (tertiary/aromatic N) is 2. The Morgan fingerprint density at radius 1 is 0.724 bits per heavy atom. The maximum absolute atomic E-state index is 6.12. The number of ether oxygens (including phenoxy) is 2. The topological polar surface area (TPSA) is 36.3 Å². The summed E-state index contributed by atoms with van der Waals surface area (Å²) in [5, 5.41) is 0. The highest BCUT2D eigenvalue weighted by Gasteiger charge is 2.10. The molecule has 4 heteroatoms. The summed E-state index contributed by atoms with van der Waals surface area (Å²) in [6, 6.07) is 0. The molecular weight excluding hydrogens is 360 g/mol. The Balaban J connectivity index is 2.03. The summed E-state index contributed by atoms with van der Waals surface area (Å²) in [6.45, 7) is 7.74. The molecule has 1 aromatic rings. The molecule has 0 N–H and O–H groups in total. The average Bonchev–Trinajstić information content (AvgIpc) is 3.24. The zero-order chi connectivity index (χ0) is 20.8. The molecule has 0 aromatic carbocycles. The molecule has 1 unspecified atom stereocenters. The van der Waals surface area contributed by atoms with E-state index in [4.69, 9.17) is 9.47 Å². The molecule has 0 saturated carbocycles. The predicted molar refractivity (Wildman–Crippen MR) is 123 cm³/mol. The summed E-state index contributed by atoms with van der Waals surface area (Å²) in [6.07, 6.45) is 25.8. The molecule has 0 saturated heterocycles. The van der Waals surface area contributed by atoms with E-state index in [0.717, 1.165) is 26.2 Å². The fraction of sp³-hybridized carbons (Fsp3) is 0.880. The van der Waals surface area contributed by atoms with Crippen LogP contribution in [0, 0.1) is 0 Å². The van der Waals surface area contributed by atoms with Gasteiger partial charge in [-0.25, -0.2) is 4.98 Å². The lowest BCUT2D eigenvalue weighted by molar-refractivity contribution is -0.0265. The Kier molecular flexibility index (Phi) is 18.4. The first-order valence-electron chi connectivity index (χ1n) is 12.5. The number of hydrogen-bond donors (Lipinski definition) is 0. The van der Waals surface area contributed by atoms with E-state index in [1.165, 1.54) is 89.9 Å². The van der Waals surface area contributed by atoms with E-state index in [1.807, 2.05) is 18.7 Å². The molecule has 1 rings (SSSR count). The Bertz CT molecular complexity index is 422. The molecule has 4 nitrogen and oxygen atoms in total. The molecule has 0 radical (unpaired) electrons. The molecule has 29 heavy (non-hydrogen) atoms. The maximum Gasteiger partial charge on any atom is 0.0987 e. The van der Waals surface area contributed by atoms with E-state index < -0.39 is 0 Å². The van der Waals surface area contributed by atoms with Gasteiger partial charge in [-0.05, 0) is 12.8 Å². The highest BCUT2D eigenvalue weighted by molar-refractivity contribution is 4.76. The highest BCUT2D eigenvalue weighted by Crippen LogP contribution is 2.11. The van der Waals surface area contributed by atoms with E-state index in [1.54, 1.807) is 0 Å². The third kappa shape index (κ3) is 16.6. The second-order valence-electron chi connectivity index (χ2n) is 8.42. The minimum atomic E-state index is 0.124. The van der Waals surface area contributed by atoms with Crippen LogP contribution in [0.1, 0.15) is 110 Å². The minimum Gasteiger partial charge on any atom is -0.379 e. The number of aromatic nitrogens is 2. The summed E-state index contributed by atoms with van der Waals surface area (Å²) in [7, 11) is 0. The van der Waals surface area contributed by atoms with Crippen molar-refractivity contribution in [1.29, 1.82) is 0 Å².